The van der Waals surface area contributed by atoms with Gasteiger partial charge in [0.05, 0.1) is 16.7 Å². The first kappa shape index (κ1) is 25.2. The Bertz CT molecular complexity index is 2210. The van der Waals surface area contributed by atoms with E-state index in [0.29, 0.717) is 11.5 Å². The summed E-state index contributed by atoms with van der Waals surface area (Å²) in [5, 5.41) is 3.15. The first-order valence-corrected chi connectivity index (χ1v) is 13.2. The van der Waals surface area contributed by atoms with Gasteiger partial charge in [0.2, 0.25) is 0 Å². The predicted octanol–water partition coefficient (Wildman–Crippen LogP) is 8.91. The molecule has 0 aliphatic rings. The van der Waals surface area contributed by atoms with Crippen molar-refractivity contribution in [2.45, 2.75) is 0 Å². The number of hydrogen-bond acceptors (Lipinski definition) is 3. The molecule has 8 rings (SSSR count). The number of hydrogen-bond donors (Lipinski definition) is 0. The van der Waals surface area contributed by atoms with Crippen molar-refractivity contribution < 1.29 is 25.2 Å². The van der Waals surface area contributed by atoms with Crippen molar-refractivity contribution in [2.24, 2.45) is 0 Å². The van der Waals surface area contributed by atoms with Crippen LogP contribution >= 0.6 is 0 Å². The third-order valence-electron chi connectivity index (χ3n) is 7.27. The van der Waals surface area contributed by atoms with Crippen LogP contribution in [0, 0.1) is 12.1 Å². The molecule has 5 aromatic carbocycles. The summed E-state index contributed by atoms with van der Waals surface area (Å²) in [7, 11) is 0. The molecule has 0 aliphatic heterocycles. The van der Waals surface area contributed by atoms with Gasteiger partial charge < -0.3 is 14.1 Å². The zero-order valence-electron chi connectivity index (χ0n) is 21.7. The molecule has 8 aromatic rings. The van der Waals surface area contributed by atoms with Gasteiger partial charge in [-0.2, -0.15) is 0 Å². The number of para-hydroxylation sites is 3. The minimum Gasteiger partial charge on any atom is -0.497 e. The minimum atomic E-state index is 0. The first-order valence-electron chi connectivity index (χ1n) is 13.2. The number of imidazole rings is 1. The molecular formula is C36H21N3OPd. The summed E-state index contributed by atoms with van der Waals surface area (Å²) < 4.78 is 8.54. The van der Waals surface area contributed by atoms with Crippen LogP contribution in [0.5, 0.6) is 11.5 Å². The molecule has 0 atom stereocenters. The van der Waals surface area contributed by atoms with E-state index < -0.39 is 0 Å². The number of benzene rings is 5. The molecule has 0 fully saturated rings. The molecule has 0 N–H and O–H groups in total. The largest absolute Gasteiger partial charge is 2.00 e. The number of ether oxygens (including phenoxy) is 1. The van der Waals surface area contributed by atoms with Gasteiger partial charge >= 0.3 is 20.4 Å². The van der Waals surface area contributed by atoms with E-state index in [9.17, 15) is 0 Å². The van der Waals surface area contributed by atoms with Crippen molar-refractivity contribution in [1.82, 2.24) is 14.4 Å². The van der Waals surface area contributed by atoms with E-state index in [2.05, 4.69) is 76.1 Å². The Morgan fingerprint density at radius 2 is 1.39 bits per heavy atom. The van der Waals surface area contributed by atoms with E-state index in [1.165, 1.54) is 0 Å². The van der Waals surface area contributed by atoms with Crippen LogP contribution in [0.1, 0.15) is 0 Å². The van der Waals surface area contributed by atoms with Crippen molar-refractivity contribution in [2.75, 3.05) is 0 Å². The van der Waals surface area contributed by atoms with Gasteiger partial charge in [0.1, 0.15) is 0 Å². The molecule has 41 heavy (non-hydrogen) atoms. The summed E-state index contributed by atoms with van der Waals surface area (Å²) in [4.78, 5) is 9.59. The maximum absolute atomic E-state index is 6.32. The van der Waals surface area contributed by atoms with Gasteiger partial charge in [-0.15, -0.1) is 29.8 Å². The molecule has 0 bridgehead atoms. The Labute approximate surface area is 250 Å². The van der Waals surface area contributed by atoms with E-state index in [1.807, 2.05) is 72.9 Å². The normalized spacial score (nSPS) is 11.2. The van der Waals surface area contributed by atoms with E-state index in [4.69, 9.17) is 9.72 Å². The summed E-state index contributed by atoms with van der Waals surface area (Å²) in [6.45, 7) is 0. The van der Waals surface area contributed by atoms with Crippen LogP contribution in [0.25, 0.3) is 60.7 Å². The molecule has 5 heteroatoms. The van der Waals surface area contributed by atoms with Gasteiger partial charge in [0, 0.05) is 23.2 Å². The zero-order valence-corrected chi connectivity index (χ0v) is 23.2. The van der Waals surface area contributed by atoms with Gasteiger partial charge in [-0.05, 0) is 46.5 Å². The fourth-order valence-electron chi connectivity index (χ4n) is 5.43. The van der Waals surface area contributed by atoms with E-state index in [1.54, 1.807) is 0 Å². The molecule has 0 saturated heterocycles. The van der Waals surface area contributed by atoms with Gasteiger partial charge in [-0.25, -0.2) is 0 Å². The SMILES string of the molecule is [Pd+2].[c-]1c(Oc2[c-]c3c(cc2)c2ccccc2n2c4ccccc4nc32)cccc1-c1cc(-c2ccccc2)ccn1. The van der Waals surface area contributed by atoms with Crippen LogP contribution in [0.15, 0.2) is 128 Å². The van der Waals surface area contributed by atoms with Crippen LogP contribution in [0.3, 0.4) is 0 Å². The van der Waals surface area contributed by atoms with Gasteiger partial charge in [0.25, 0.3) is 0 Å². The van der Waals surface area contributed by atoms with Crippen molar-refractivity contribution in [3.8, 4) is 33.9 Å². The Hall–Kier alpha value is -4.82. The molecule has 196 valence electrons. The molecule has 0 saturated carbocycles. The smallest absolute Gasteiger partial charge is 0.497 e. The molecule has 0 unspecified atom stereocenters. The average molecular weight is 618 g/mol. The number of rotatable bonds is 4. The molecule has 0 amide bonds. The van der Waals surface area contributed by atoms with Crippen molar-refractivity contribution >= 4 is 38.4 Å². The van der Waals surface area contributed by atoms with Crippen molar-refractivity contribution in [3.05, 3.63) is 140 Å². The van der Waals surface area contributed by atoms with Crippen LogP contribution in [-0.2, 0) is 20.4 Å². The maximum Gasteiger partial charge on any atom is 2.00 e. The Kier molecular flexibility index (Phi) is 6.32. The third-order valence-corrected chi connectivity index (χ3v) is 7.27. The summed E-state index contributed by atoms with van der Waals surface area (Å²) >= 11 is 0. The summed E-state index contributed by atoms with van der Waals surface area (Å²) in [5.41, 5.74) is 7.96. The van der Waals surface area contributed by atoms with E-state index >= 15 is 0 Å². The van der Waals surface area contributed by atoms with E-state index in [-0.39, 0.29) is 20.4 Å². The van der Waals surface area contributed by atoms with Gasteiger partial charge in [-0.1, -0.05) is 95.7 Å². The molecule has 3 heterocycles. The van der Waals surface area contributed by atoms with Crippen LogP contribution in [0.2, 0.25) is 0 Å². The van der Waals surface area contributed by atoms with E-state index in [0.717, 1.165) is 60.7 Å². The second-order valence-corrected chi connectivity index (χ2v) is 9.71. The zero-order chi connectivity index (χ0) is 26.5. The van der Waals surface area contributed by atoms with Crippen LogP contribution < -0.4 is 4.74 Å². The fourth-order valence-corrected chi connectivity index (χ4v) is 5.43. The second-order valence-electron chi connectivity index (χ2n) is 9.71. The molecule has 0 radical (unpaired) electrons. The molecular weight excluding hydrogens is 597 g/mol. The summed E-state index contributed by atoms with van der Waals surface area (Å²) in [5.74, 6) is 1.21. The minimum absolute atomic E-state index is 0. The predicted molar refractivity (Wildman–Crippen MR) is 161 cm³/mol. The quantitative estimate of drug-likeness (QED) is 0.112. The monoisotopic (exact) mass is 617 g/mol. The molecule has 4 nitrogen and oxygen atoms in total. The summed E-state index contributed by atoms with van der Waals surface area (Å²) in [6.07, 6.45) is 1.83. The Morgan fingerprint density at radius 3 is 2.29 bits per heavy atom. The number of pyridine rings is 2. The summed E-state index contributed by atoms with van der Waals surface area (Å²) in [6, 6.07) is 47.9. The van der Waals surface area contributed by atoms with Crippen molar-refractivity contribution in [3.63, 3.8) is 0 Å². The van der Waals surface area contributed by atoms with Gasteiger partial charge in [-0.3, -0.25) is 4.98 Å². The molecule has 0 aliphatic carbocycles. The standard InChI is InChI=1S/C36H21N3O.Pd/c1-2-9-24(10-3-1)25-19-20-37-33(22-25)26-11-8-12-27(21-26)40-28-17-18-29-30-13-4-6-15-34(30)39-35-16-7-5-14-32(35)38-36(39)31(29)23-28;/h1-20,22H;/q-2;+2. The average Bonchev–Trinajstić information content (AvgIpc) is 3.42. The van der Waals surface area contributed by atoms with Crippen LogP contribution in [0.4, 0.5) is 0 Å². The fraction of sp³-hybridized carbons (Fsp3) is 0. The van der Waals surface area contributed by atoms with Crippen molar-refractivity contribution in [1.29, 1.82) is 0 Å². The molecule has 3 aromatic heterocycles. The number of aromatic nitrogens is 3. The van der Waals surface area contributed by atoms with Gasteiger partial charge in [0.15, 0.2) is 0 Å². The number of fused-ring (bicyclic) bond motifs is 8. The molecule has 0 spiro atoms. The topological polar surface area (TPSA) is 39.4 Å². The Morgan fingerprint density at radius 1 is 0.610 bits per heavy atom. The second kappa shape index (κ2) is 10.3. The number of nitrogens with zero attached hydrogens (tertiary/aromatic N) is 3. The first-order chi connectivity index (χ1) is 19.8. The third kappa shape index (κ3) is 4.37. The Balaban J connectivity index is 0.00000276. The maximum atomic E-state index is 6.32. The van der Waals surface area contributed by atoms with Crippen LogP contribution in [-0.4, -0.2) is 14.4 Å².